The van der Waals surface area contributed by atoms with Crippen LogP contribution in [0.4, 0.5) is 0 Å². The maximum Gasteiger partial charge on any atom is 0.245 e. The first-order chi connectivity index (χ1) is 16.0. The van der Waals surface area contributed by atoms with Crippen LogP contribution in [0, 0.1) is 5.41 Å². The van der Waals surface area contributed by atoms with E-state index in [9.17, 15) is 14.7 Å². The lowest BCUT2D eigenvalue weighted by Crippen LogP contribution is -2.59. The number of nitrogens with one attached hydrogen (secondary N) is 2. The maximum absolute atomic E-state index is 13.7. The van der Waals surface area contributed by atoms with Crippen LogP contribution in [0.1, 0.15) is 53.0 Å². The number of aliphatic hydroxyl groups excluding tert-OH is 1. The van der Waals surface area contributed by atoms with Crippen molar-refractivity contribution in [1.29, 1.82) is 0 Å². The molecule has 5 atom stereocenters. The van der Waals surface area contributed by atoms with Crippen LogP contribution in [0.2, 0.25) is 0 Å². The number of aliphatic hydroxyl groups is 1. The summed E-state index contributed by atoms with van der Waals surface area (Å²) in [5, 5.41) is 16.7. The molecule has 1 aliphatic rings. The summed E-state index contributed by atoms with van der Waals surface area (Å²) in [5.74, 6) is -0.256. The second-order valence-corrected chi connectivity index (χ2v) is 10.6. The second-order valence-electron chi connectivity index (χ2n) is 10.6. The van der Waals surface area contributed by atoms with E-state index in [2.05, 4.69) is 22.8 Å². The third-order valence-electron chi connectivity index (χ3n) is 6.71. The highest BCUT2D eigenvalue weighted by molar-refractivity contribution is 5.90. The molecule has 34 heavy (non-hydrogen) atoms. The molecule has 1 aromatic carbocycles. The monoisotopic (exact) mass is 475 g/mol. The van der Waals surface area contributed by atoms with E-state index in [-0.39, 0.29) is 23.9 Å². The predicted molar refractivity (Wildman–Crippen MR) is 136 cm³/mol. The van der Waals surface area contributed by atoms with Gasteiger partial charge >= 0.3 is 0 Å². The van der Waals surface area contributed by atoms with Crippen LogP contribution in [-0.4, -0.2) is 83.8 Å². The van der Waals surface area contributed by atoms with Gasteiger partial charge in [-0.25, -0.2) is 0 Å². The number of benzene rings is 1. The number of carbonyl (C=O) groups excluding carboxylic acids is 2. The van der Waals surface area contributed by atoms with Crippen molar-refractivity contribution in [3.05, 3.63) is 35.9 Å². The van der Waals surface area contributed by atoms with E-state index in [4.69, 9.17) is 5.73 Å². The normalized spacial score (nSPS) is 20.1. The van der Waals surface area contributed by atoms with E-state index < -0.39 is 23.7 Å². The summed E-state index contributed by atoms with van der Waals surface area (Å²) in [6.07, 6.45) is 1.75. The first kappa shape index (κ1) is 28.2. The third-order valence-corrected chi connectivity index (χ3v) is 6.71. The van der Waals surface area contributed by atoms with Crippen LogP contribution >= 0.6 is 0 Å². The minimum atomic E-state index is -0.796. The standard InChI is InChI=1S/C26H45N5O3/c1-18(27)24(33)30(16-14-20-11-8-7-9-12-20)17-21-13-10-15-31(21)25(34)22(26(3,4)5)29-23(32)19(2)28-6/h7-9,11-12,18-19,21-22,24,28,33H,10,13-17,27H2,1-6H3,(H,29,32)/t18-,19+,21+,22-,24?/m1/s1. The van der Waals surface area contributed by atoms with Gasteiger partial charge in [-0.2, -0.15) is 0 Å². The lowest BCUT2D eigenvalue weighted by molar-refractivity contribution is -0.141. The Morgan fingerprint density at radius 1 is 1.24 bits per heavy atom. The smallest absolute Gasteiger partial charge is 0.245 e. The van der Waals surface area contributed by atoms with Crippen LogP contribution in [0.25, 0.3) is 0 Å². The molecule has 1 fully saturated rings. The van der Waals surface area contributed by atoms with E-state index in [1.54, 1.807) is 20.9 Å². The predicted octanol–water partition coefficient (Wildman–Crippen LogP) is 1.33. The zero-order valence-electron chi connectivity index (χ0n) is 21.8. The Morgan fingerprint density at radius 2 is 1.88 bits per heavy atom. The molecule has 0 aliphatic carbocycles. The van der Waals surface area contributed by atoms with Crippen molar-refractivity contribution in [1.82, 2.24) is 20.4 Å². The van der Waals surface area contributed by atoms with Crippen molar-refractivity contribution in [3.8, 4) is 0 Å². The average Bonchev–Trinajstić information content (AvgIpc) is 3.26. The first-order valence-corrected chi connectivity index (χ1v) is 12.5. The van der Waals surface area contributed by atoms with Crippen molar-refractivity contribution >= 4 is 11.8 Å². The lowest BCUT2D eigenvalue weighted by Gasteiger charge is -2.39. The molecular weight excluding hydrogens is 430 g/mol. The van der Waals surface area contributed by atoms with Crippen LogP contribution in [0.5, 0.6) is 0 Å². The third kappa shape index (κ3) is 7.77. The summed E-state index contributed by atoms with van der Waals surface area (Å²) in [6.45, 7) is 11.3. The number of likely N-dealkylation sites (N-methyl/N-ethyl adjacent to an activating group) is 1. The molecule has 1 saturated heterocycles. The van der Waals surface area contributed by atoms with Gasteiger partial charge in [0.1, 0.15) is 12.3 Å². The largest absolute Gasteiger partial charge is 0.377 e. The molecule has 0 saturated carbocycles. The van der Waals surface area contributed by atoms with Crippen molar-refractivity contribution in [2.45, 2.75) is 84.3 Å². The maximum atomic E-state index is 13.7. The van der Waals surface area contributed by atoms with Gasteiger partial charge in [-0.3, -0.25) is 14.5 Å². The van der Waals surface area contributed by atoms with E-state index in [1.807, 2.05) is 48.8 Å². The summed E-state index contributed by atoms with van der Waals surface area (Å²) in [7, 11) is 1.72. The van der Waals surface area contributed by atoms with Crippen molar-refractivity contribution < 1.29 is 14.7 Å². The van der Waals surface area contributed by atoms with E-state index in [0.29, 0.717) is 19.6 Å². The highest BCUT2D eigenvalue weighted by atomic mass is 16.3. The molecule has 0 aromatic heterocycles. The van der Waals surface area contributed by atoms with Crippen LogP contribution < -0.4 is 16.4 Å². The highest BCUT2D eigenvalue weighted by Gasteiger charge is 2.40. The lowest BCUT2D eigenvalue weighted by atomic mass is 9.85. The van der Waals surface area contributed by atoms with E-state index in [1.165, 1.54) is 5.56 Å². The molecule has 8 heteroatoms. The van der Waals surface area contributed by atoms with Gasteiger partial charge in [0.2, 0.25) is 11.8 Å². The number of carbonyl (C=O) groups is 2. The fourth-order valence-electron chi connectivity index (χ4n) is 4.38. The molecule has 1 aromatic rings. The topological polar surface area (TPSA) is 111 Å². The van der Waals surface area contributed by atoms with Gasteiger partial charge in [-0.1, -0.05) is 51.1 Å². The van der Waals surface area contributed by atoms with Crippen molar-refractivity contribution in [2.75, 3.05) is 26.7 Å². The fourth-order valence-corrected chi connectivity index (χ4v) is 4.38. The molecule has 0 bridgehead atoms. The summed E-state index contributed by atoms with van der Waals surface area (Å²) in [4.78, 5) is 30.2. The van der Waals surface area contributed by atoms with Crippen LogP contribution in [0.3, 0.4) is 0 Å². The SMILES string of the molecule is CN[C@@H](C)C(=O)N[C@H](C(=O)N1CCC[C@H]1CN(CCc1ccccc1)C(O)[C@@H](C)N)C(C)(C)C. The Morgan fingerprint density at radius 3 is 2.44 bits per heavy atom. The molecule has 1 aliphatic heterocycles. The van der Waals surface area contributed by atoms with Gasteiger partial charge < -0.3 is 26.4 Å². The fraction of sp³-hybridized carbons (Fsp3) is 0.692. The zero-order chi connectivity index (χ0) is 25.5. The van der Waals surface area contributed by atoms with Gasteiger partial charge in [-0.05, 0) is 51.1 Å². The molecule has 2 amide bonds. The summed E-state index contributed by atoms with van der Waals surface area (Å²) in [5.41, 5.74) is 6.80. The van der Waals surface area contributed by atoms with Gasteiger partial charge in [0.05, 0.1) is 6.04 Å². The minimum Gasteiger partial charge on any atom is -0.377 e. The van der Waals surface area contributed by atoms with Crippen LogP contribution in [0.15, 0.2) is 30.3 Å². The average molecular weight is 476 g/mol. The molecule has 2 rings (SSSR count). The minimum absolute atomic E-state index is 0.0415. The number of hydrogen-bond donors (Lipinski definition) is 4. The molecule has 192 valence electrons. The number of amides is 2. The summed E-state index contributed by atoms with van der Waals surface area (Å²) >= 11 is 0. The number of hydrogen-bond acceptors (Lipinski definition) is 6. The van der Waals surface area contributed by atoms with Gasteiger partial charge in [0.15, 0.2) is 0 Å². The van der Waals surface area contributed by atoms with Crippen molar-refractivity contribution in [3.63, 3.8) is 0 Å². The zero-order valence-corrected chi connectivity index (χ0v) is 21.8. The Hall–Kier alpha value is -2.00. The molecule has 5 N–H and O–H groups in total. The van der Waals surface area contributed by atoms with Crippen molar-refractivity contribution in [2.24, 2.45) is 11.1 Å². The van der Waals surface area contributed by atoms with Gasteiger partial charge in [0.25, 0.3) is 0 Å². The number of rotatable bonds is 11. The Kier molecular flexibility index (Phi) is 10.5. The van der Waals surface area contributed by atoms with Gasteiger partial charge in [0, 0.05) is 31.7 Å². The van der Waals surface area contributed by atoms with Gasteiger partial charge in [-0.15, -0.1) is 0 Å². The van der Waals surface area contributed by atoms with Crippen LogP contribution in [-0.2, 0) is 16.0 Å². The Bertz CT molecular complexity index is 780. The Labute approximate surface area is 205 Å². The quantitative estimate of drug-likeness (QED) is 0.359. The molecule has 8 nitrogen and oxygen atoms in total. The van der Waals surface area contributed by atoms with E-state index >= 15 is 0 Å². The molecule has 0 spiro atoms. The summed E-state index contributed by atoms with van der Waals surface area (Å²) < 4.78 is 0. The number of nitrogens with zero attached hydrogens (tertiary/aromatic N) is 2. The first-order valence-electron chi connectivity index (χ1n) is 12.5. The Balaban J connectivity index is 2.16. The van der Waals surface area contributed by atoms with E-state index in [0.717, 1.165) is 19.3 Å². The summed E-state index contributed by atoms with van der Waals surface area (Å²) in [6, 6.07) is 8.68. The molecule has 1 unspecified atom stereocenters. The number of nitrogens with two attached hydrogens (primary N) is 1. The molecular formula is C26H45N5O3. The molecule has 1 heterocycles. The highest BCUT2D eigenvalue weighted by Crippen LogP contribution is 2.26. The second kappa shape index (κ2) is 12.6. The molecule has 0 radical (unpaired) electrons. The number of likely N-dealkylation sites (tertiary alicyclic amines) is 1.